The van der Waals surface area contributed by atoms with Gasteiger partial charge in [-0.2, -0.15) is 0 Å². The summed E-state index contributed by atoms with van der Waals surface area (Å²) in [6.45, 7) is 10.0. The van der Waals surface area contributed by atoms with Crippen molar-refractivity contribution in [2.75, 3.05) is 0 Å². The molecule has 0 saturated heterocycles. The van der Waals surface area contributed by atoms with Gasteiger partial charge in [0.05, 0.1) is 6.04 Å². The highest BCUT2D eigenvalue weighted by atomic mass is 16.1. The molecule has 1 aromatic rings. The van der Waals surface area contributed by atoms with Crippen LogP contribution < -0.4 is 5.32 Å². The van der Waals surface area contributed by atoms with Gasteiger partial charge in [0, 0.05) is 5.92 Å². The van der Waals surface area contributed by atoms with E-state index in [1.54, 1.807) is 0 Å². The van der Waals surface area contributed by atoms with Crippen LogP contribution in [-0.2, 0) is 4.79 Å². The van der Waals surface area contributed by atoms with Crippen LogP contribution in [0.5, 0.6) is 0 Å². The first-order valence-electron chi connectivity index (χ1n) is 5.79. The third-order valence-electron chi connectivity index (χ3n) is 2.77. The molecule has 1 atom stereocenters. The smallest absolute Gasteiger partial charge is 0.223 e. The average Bonchev–Trinajstić information content (AvgIpc) is 2.16. The molecule has 88 valence electrons. The topological polar surface area (TPSA) is 29.1 Å². The fourth-order valence-electron chi connectivity index (χ4n) is 1.77. The highest BCUT2D eigenvalue weighted by molar-refractivity contribution is 5.78. The second-order valence-corrected chi connectivity index (χ2v) is 4.75. The van der Waals surface area contributed by atoms with E-state index in [0.29, 0.717) is 0 Å². The monoisotopic (exact) mass is 219 g/mol. The Morgan fingerprint density at radius 2 is 1.81 bits per heavy atom. The molecule has 2 nitrogen and oxygen atoms in total. The Hall–Kier alpha value is -1.31. The van der Waals surface area contributed by atoms with E-state index in [-0.39, 0.29) is 17.9 Å². The second-order valence-electron chi connectivity index (χ2n) is 4.75. The molecule has 0 aliphatic heterocycles. The zero-order valence-electron chi connectivity index (χ0n) is 10.8. The molecule has 0 fully saturated rings. The van der Waals surface area contributed by atoms with Gasteiger partial charge in [-0.05, 0) is 31.9 Å². The number of aryl methyl sites for hydroxylation is 2. The molecule has 2 heteroatoms. The van der Waals surface area contributed by atoms with Gasteiger partial charge in [-0.1, -0.05) is 37.6 Å². The van der Waals surface area contributed by atoms with Gasteiger partial charge in [0.15, 0.2) is 0 Å². The first-order valence-corrected chi connectivity index (χ1v) is 5.79. The summed E-state index contributed by atoms with van der Waals surface area (Å²) < 4.78 is 0. The minimum Gasteiger partial charge on any atom is -0.349 e. The van der Waals surface area contributed by atoms with Crippen LogP contribution in [0.3, 0.4) is 0 Å². The van der Waals surface area contributed by atoms with Crippen LogP contribution in [0, 0.1) is 19.8 Å². The van der Waals surface area contributed by atoms with Crippen molar-refractivity contribution in [1.82, 2.24) is 5.32 Å². The standard InChI is InChI=1S/C14H21NO/c1-9(2)14(16)15-12(5)13-7-6-10(3)8-11(13)4/h6-9,12H,1-5H3,(H,15,16)/t12-/m0/s1. The van der Waals surface area contributed by atoms with Crippen LogP contribution in [0.2, 0.25) is 0 Å². The molecule has 1 aromatic carbocycles. The van der Waals surface area contributed by atoms with Crippen LogP contribution in [0.25, 0.3) is 0 Å². The fraction of sp³-hybridized carbons (Fsp3) is 0.500. The van der Waals surface area contributed by atoms with Crippen LogP contribution in [-0.4, -0.2) is 5.91 Å². The number of benzene rings is 1. The van der Waals surface area contributed by atoms with Gasteiger partial charge in [-0.25, -0.2) is 0 Å². The molecule has 0 radical (unpaired) electrons. The SMILES string of the molecule is Cc1ccc([C@H](C)NC(=O)C(C)C)c(C)c1. The predicted molar refractivity (Wildman–Crippen MR) is 67.3 cm³/mol. The van der Waals surface area contributed by atoms with Crippen LogP contribution in [0.4, 0.5) is 0 Å². The summed E-state index contributed by atoms with van der Waals surface area (Å²) in [5.41, 5.74) is 3.68. The van der Waals surface area contributed by atoms with E-state index in [9.17, 15) is 4.79 Å². The van der Waals surface area contributed by atoms with E-state index < -0.39 is 0 Å². The van der Waals surface area contributed by atoms with Crippen molar-refractivity contribution in [2.45, 2.75) is 40.7 Å². The summed E-state index contributed by atoms with van der Waals surface area (Å²) >= 11 is 0. The lowest BCUT2D eigenvalue weighted by molar-refractivity contribution is -0.124. The summed E-state index contributed by atoms with van der Waals surface area (Å²) in [5.74, 6) is 0.140. The summed E-state index contributed by atoms with van der Waals surface area (Å²) in [7, 11) is 0. The molecule has 16 heavy (non-hydrogen) atoms. The fourth-order valence-corrected chi connectivity index (χ4v) is 1.77. The van der Waals surface area contributed by atoms with E-state index >= 15 is 0 Å². The van der Waals surface area contributed by atoms with Crippen molar-refractivity contribution < 1.29 is 4.79 Å². The summed E-state index contributed by atoms with van der Waals surface area (Å²) in [4.78, 5) is 11.6. The van der Waals surface area contributed by atoms with Crippen molar-refractivity contribution in [2.24, 2.45) is 5.92 Å². The molecule has 1 rings (SSSR count). The molecule has 0 aromatic heterocycles. The lowest BCUT2D eigenvalue weighted by Crippen LogP contribution is -2.30. The largest absolute Gasteiger partial charge is 0.349 e. The number of rotatable bonds is 3. The van der Waals surface area contributed by atoms with Crippen molar-refractivity contribution in [3.05, 3.63) is 34.9 Å². The van der Waals surface area contributed by atoms with Crippen LogP contribution in [0.15, 0.2) is 18.2 Å². The highest BCUT2D eigenvalue weighted by Gasteiger charge is 2.13. The van der Waals surface area contributed by atoms with Gasteiger partial charge in [-0.3, -0.25) is 4.79 Å². The lowest BCUT2D eigenvalue weighted by Gasteiger charge is -2.18. The highest BCUT2D eigenvalue weighted by Crippen LogP contribution is 2.18. The van der Waals surface area contributed by atoms with Crippen LogP contribution >= 0.6 is 0 Å². The maximum atomic E-state index is 11.6. The van der Waals surface area contributed by atoms with Crippen LogP contribution in [0.1, 0.15) is 43.5 Å². The quantitative estimate of drug-likeness (QED) is 0.831. The normalized spacial score (nSPS) is 12.6. The molecule has 0 unspecified atom stereocenters. The number of hydrogen-bond donors (Lipinski definition) is 1. The first kappa shape index (κ1) is 12.8. The number of hydrogen-bond acceptors (Lipinski definition) is 1. The van der Waals surface area contributed by atoms with Gasteiger partial charge in [0.2, 0.25) is 5.91 Å². The molecule has 0 bridgehead atoms. The van der Waals surface area contributed by atoms with E-state index in [4.69, 9.17) is 0 Å². The number of amides is 1. The van der Waals surface area contributed by atoms with Gasteiger partial charge < -0.3 is 5.32 Å². The number of nitrogens with one attached hydrogen (secondary N) is 1. The molecule has 1 N–H and O–H groups in total. The van der Waals surface area contributed by atoms with Gasteiger partial charge in [-0.15, -0.1) is 0 Å². The third kappa shape index (κ3) is 3.09. The van der Waals surface area contributed by atoms with Gasteiger partial charge in [0.25, 0.3) is 0 Å². The third-order valence-corrected chi connectivity index (χ3v) is 2.77. The lowest BCUT2D eigenvalue weighted by atomic mass is 10.00. The molecule has 0 spiro atoms. The van der Waals surface area contributed by atoms with Crippen molar-refractivity contribution in [3.8, 4) is 0 Å². The van der Waals surface area contributed by atoms with Crippen molar-refractivity contribution in [3.63, 3.8) is 0 Å². The first-order chi connectivity index (χ1) is 7.41. The average molecular weight is 219 g/mol. The summed E-state index contributed by atoms with van der Waals surface area (Å²) in [6, 6.07) is 6.40. The zero-order valence-corrected chi connectivity index (χ0v) is 10.8. The molecule has 0 aliphatic rings. The Morgan fingerprint density at radius 1 is 1.19 bits per heavy atom. The minimum absolute atomic E-state index is 0.0354. The van der Waals surface area contributed by atoms with Crippen molar-refractivity contribution in [1.29, 1.82) is 0 Å². The van der Waals surface area contributed by atoms with E-state index in [1.165, 1.54) is 16.7 Å². The van der Waals surface area contributed by atoms with Crippen molar-refractivity contribution >= 4 is 5.91 Å². The molecule has 0 aliphatic carbocycles. The van der Waals surface area contributed by atoms with E-state index in [1.807, 2.05) is 20.8 Å². The number of carbonyl (C=O) groups is 1. The molecule has 0 saturated carbocycles. The Balaban J connectivity index is 2.80. The maximum Gasteiger partial charge on any atom is 0.223 e. The van der Waals surface area contributed by atoms with Gasteiger partial charge in [0.1, 0.15) is 0 Å². The Morgan fingerprint density at radius 3 is 2.31 bits per heavy atom. The maximum absolute atomic E-state index is 11.6. The number of carbonyl (C=O) groups excluding carboxylic acids is 1. The van der Waals surface area contributed by atoms with E-state index in [2.05, 4.69) is 37.4 Å². The molecule has 1 amide bonds. The Labute approximate surface area is 98.1 Å². The Bertz CT molecular complexity index is 382. The molecular weight excluding hydrogens is 198 g/mol. The summed E-state index contributed by atoms with van der Waals surface area (Å²) in [6.07, 6.45) is 0. The second kappa shape index (κ2) is 5.15. The predicted octanol–water partition coefficient (Wildman–Crippen LogP) is 3.14. The Kier molecular flexibility index (Phi) is 4.11. The molecular formula is C14H21NO. The minimum atomic E-state index is 0.0354. The summed E-state index contributed by atoms with van der Waals surface area (Å²) in [5, 5.41) is 3.02. The zero-order chi connectivity index (χ0) is 12.3. The molecule has 0 heterocycles. The van der Waals surface area contributed by atoms with E-state index in [0.717, 1.165) is 0 Å². The van der Waals surface area contributed by atoms with Gasteiger partial charge >= 0.3 is 0 Å².